The topological polar surface area (TPSA) is 3.24 Å². The first-order chi connectivity index (χ1) is 9.38. The molecule has 0 bridgehead atoms. The Balaban J connectivity index is 0.00000361. The molecule has 1 nitrogen and oxygen atoms in total. The molecule has 2 heteroatoms. The molecule has 122 valence electrons. The van der Waals surface area contributed by atoms with Crippen LogP contribution >= 0.6 is 12.4 Å². The van der Waals surface area contributed by atoms with Gasteiger partial charge in [-0.05, 0) is 38.8 Å². The molecule has 1 aliphatic heterocycles. The van der Waals surface area contributed by atoms with Gasteiger partial charge in [-0.15, -0.1) is 12.4 Å². The maximum absolute atomic E-state index is 2.80. The van der Waals surface area contributed by atoms with Gasteiger partial charge in [-0.25, -0.2) is 0 Å². The lowest BCUT2D eigenvalue weighted by Crippen LogP contribution is -2.39. The molecule has 0 aromatic carbocycles. The Labute approximate surface area is 134 Å². The lowest BCUT2D eigenvalue weighted by molar-refractivity contribution is 0.136. The molecule has 1 atom stereocenters. The van der Waals surface area contributed by atoms with Gasteiger partial charge in [0.1, 0.15) is 0 Å². The Morgan fingerprint density at radius 2 is 1.45 bits per heavy atom. The van der Waals surface area contributed by atoms with Crippen LogP contribution < -0.4 is 0 Å². The van der Waals surface area contributed by atoms with E-state index < -0.39 is 0 Å². The van der Waals surface area contributed by atoms with Crippen molar-refractivity contribution in [2.75, 3.05) is 13.1 Å². The molecule has 20 heavy (non-hydrogen) atoms. The van der Waals surface area contributed by atoms with Crippen molar-refractivity contribution in [2.24, 2.45) is 0 Å². The second-order valence-electron chi connectivity index (χ2n) is 6.45. The van der Waals surface area contributed by atoms with Gasteiger partial charge < -0.3 is 4.90 Å². The summed E-state index contributed by atoms with van der Waals surface area (Å²) in [6.07, 6.45) is 18.7. The van der Waals surface area contributed by atoms with E-state index in [2.05, 4.69) is 18.7 Å². The SMILES string of the molecule is CCCCCCCCCCN1CCCCC1CCC.Cl. The fraction of sp³-hybridized carbons (Fsp3) is 1.00. The smallest absolute Gasteiger partial charge is 0.00951 e. The van der Waals surface area contributed by atoms with Crippen LogP contribution in [-0.4, -0.2) is 24.0 Å². The van der Waals surface area contributed by atoms with Crippen LogP contribution in [0.25, 0.3) is 0 Å². The largest absolute Gasteiger partial charge is 0.300 e. The molecule has 0 saturated carbocycles. The molecule has 0 aliphatic carbocycles. The van der Waals surface area contributed by atoms with Crippen molar-refractivity contribution in [3.05, 3.63) is 0 Å². The molecule has 1 heterocycles. The maximum atomic E-state index is 2.80. The number of rotatable bonds is 11. The predicted molar refractivity (Wildman–Crippen MR) is 94.0 cm³/mol. The van der Waals surface area contributed by atoms with E-state index in [1.165, 1.54) is 96.6 Å². The van der Waals surface area contributed by atoms with Crippen molar-refractivity contribution in [2.45, 2.75) is 103 Å². The van der Waals surface area contributed by atoms with Gasteiger partial charge >= 0.3 is 0 Å². The molecule has 0 N–H and O–H groups in total. The Kier molecular flexibility index (Phi) is 14.4. The van der Waals surface area contributed by atoms with Gasteiger partial charge in [0.05, 0.1) is 0 Å². The van der Waals surface area contributed by atoms with Gasteiger partial charge in [0.2, 0.25) is 0 Å². The maximum Gasteiger partial charge on any atom is 0.00951 e. The van der Waals surface area contributed by atoms with Crippen LogP contribution in [0.4, 0.5) is 0 Å². The van der Waals surface area contributed by atoms with E-state index in [0.29, 0.717) is 0 Å². The zero-order chi connectivity index (χ0) is 13.8. The van der Waals surface area contributed by atoms with Gasteiger partial charge in [-0.1, -0.05) is 71.6 Å². The summed E-state index contributed by atoms with van der Waals surface area (Å²) in [5.41, 5.74) is 0. The summed E-state index contributed by atoms with van der Waals surface area (Å²) in [5, 5.41) is 0. The van der Waals surface area contributed by atoms with Gasteiger partial charge in [0, 0.05) is 6.04 Å². The van der Waals surface area contributed by atoms with Crippen LogP contribution in [0, 0.1) is 0 Å². The number of piperidine rings is 1. The zero-order valence-electron chi connectivity index (χ0n) is 14.0. The van der Waals surface area contributed by atoms with E-state index in [0.717, 1.165) is 6.04 Å². The molecule has 0 spiro atoms. The quantitative estimate of drug-likeness (QED) is 0.410. The predicted octanol–water partition coefficient (Wildman–Crippen LogP) is 6.20. The number of unbranched alkanes of at least 4 members (excludes halogenated alkanes) is 7. The summed E-state index contributed by atoms with van der Waals surface area (Å²) in [6.45, 7) is 7.38. The molecule has 0 radical (unpaired) electrons. The molecule has 0 aromatic heterocycles. The summed E-state index contributed by atoms with van der Waals surface area (Å²) in [6, 6.07) is 0.920. The molecule has 0 amide bonds. The van der Waals surface area contributed by atoms with Crippen LogP contribution in [0.2, 0.25) is 0 Å². The Morgan fingerprint density at radius 1 is 0.800 bits per heavy atom. The second kappa shape index (κ2) is 14.2. The van der Waals surface area contributed by atoms with E-state index in [9.17, 15) is 0 Å². The second-order valence-corrected chi connectivity index (χ2v) is 6.45. The Hall–Kier alpha value is 0.250. The minimum Gasteiger partial charge on any atom is -0.300 e. The number of halogens is 1. The number of nitrogens with zero attached hydrogens (tertiary/aromatic N) is 1. The van der Waals surface area contributed by atoms with E-state index in [1.807, 2.05) is 0 Å². The third-order valence-corrected chi connectivity index (χ3v) is 4.67. The van der Waals surface area contributed by atoms with Crippen LogP contribution in [0.5, 0.6) is 0 Å². The van der Waals surface area contributed by atoms with Crippen LogP contribution in [0.1, 0.15) is 97.3 Å². The monoisotopic (exact) mass is 303 g/mol. The van der Waals surface area contributed by atoms with Gasteiger partial charge in [-0.2, -0.15) is 0 Å². The number of hydrogen-bond acceptors (Lipinski definition) is 1. The van der Waals surface area contributed by atoms with Crippen molar-refractivity contribution in [1.82, 2.24) is 4.90 Å². The van der Waals surface area contributed by atoms with Crippen molar-refractivity contribution in [1.29, 1.82) is 0 Å². The molecular weight excluding hydrogens is 266 g/mol. The summed E-state index contributed by atoms with van der Waals surface area (Å²) in [5.74, 6) is 0. The normalized spacial score (nSPS) is 19.8. The van der Waals surface area contributed by atoms with Crippen molar-refractivity contribution < 1.29 is 0 Å². The highest BCUT2D eigenvalue weighted by Gasteiger charge is 2.20. The lowest BCUT2D eigenvalue weighted by Gasteiger charge is -2.35. The zero-order valence-corrected chi connectivity index (χ0v) is 14.9. The standard InChI is InChI=1S/C18H37N.ClH/c1-3-5-6-7-8-9-10-12-16-19-17-13-11-15-18(19)14-4-2;/h18H,3-17H2,1-2H3;1H. The molecule has 1 aliphatic rings. The van der Waals surface area contributed by atoms with Crippen LogP contribution in [0.15, 0.2) is 0 Å². The van der Waals surface area contributed by atoms with Crippen molar-refractivity contribution in [3.8, 4) is 0 Å². The first-order valence-electron chi connectivity index (χ1n) is 9.12. The van der Waals surface area contributed by atoms with E-state index >= 15 is 0 Å². The Morgan fingerprint density at radius 3 is 2.10 bits per heavy atom. The molecule has 1 saturated heterocycles. The third kappa shape index (κ3) is 9.23. The van der Waals surface area contributed by atoms with E-state index in [4.69, 9.17) is 0 Å². The summed E-state index contributed by atoms with van der Waals surface area (Å²) in [7, 11) is 0. The number of likely N-dealkylation sites (tertiary alicyclic amines) is 1. The van der Waals surface area contributed by atoms with Crippen molar-refractivity contribution in [3.63, 3.8) is 0 Å². The highest BCUT2D eigenvalue weighted by Crippen LogP contribution is 2.21. The average molecular weight is 304 g/mol. The highest BCUT2D eigenvalue weighted by molar-refractivity contribution is 5.85. The Bertz CT molecular complexity index is 194. The van der Waals surface area contributed by atoms with E-state index in [1.54, 1.807) is 0 Å². The minimum absolute atomic E-state index is 0. The molecule has 0 aromatic rings. The fourth-order valence-corrected chi connectivity index (χ4v) is 3.46. The number of hydrogen-bond donors (Lipinski definition) is 0. The molecule has 1 unspecified atom stereocenters. The highest BCUT2D eigenvalue weighted by atomic mass is 35.5. The summed E-state index contributed by atoms with van der Waals surface area (Å²) < 4.78 is 0. The van der Waals surface area contributed by atoms with Crippen LogP contribution in [0.3, 0.4) is 0 Å². The minimum atomic E-state index is 0. The third-order valence-electron chi connectivity index (χ3n) is 4.67. The summed E-state index contributed by atoms with van der Waals surface area (Å²) >= 11 is 0. The fourth-order valence-electron chi connectivity index (χ4n) is 3.46. The molecule has 1 rings (SSSR count). The van der Waals surface area contributed by atoms with Gasteiger partial charge in [-0.3, -0.25) is 0 Å². The average Bonchev–Trinajstić information content (AvgIpc) is 2.44. The first-order valence-corrected chi connectivity index (χ1v) is 9.12. The van der Waals surface area contributed by atoms with Gasteiger partial charge in [0.15, 0.2) is 0 Å². The first kappa shape index (κ1) is 20.2. The van der Waals surface area contributed by atoms with Crippen molar-refractivity contribution >= 4 is 12.4 Å². The molecule has 1 fully saturated rings. The van der Waals surface area contributed by atoms with Gasteiger partial charge in [0.25, 0.3) is 0 Å². The summed E-state index contributed by atoms with van der Waals surface area (Å²) in [4.78, 5) is 2.80. The van der Waals surface area contributed by atoms with Crippen LogP contribution in [-0.2, 0) is 0 Å². The lowest BCUT2D eigenvalue weighted by atomic mass is 9.97. The van der Waals surface area contributed by atoms with E-state index in [-0.39, 0.29) is 12.4 Å². The molecular formula is C18H38ClN.